The first-order valence-electron chi connectivity index (χ1n) is 13.6. The highest BCUT2D eigenvalue weighted by atomic mass is 35.5. The van der Waals surface area contributed by atoms with Gasteiger partial charge in [0.1, 0.15) is 17.2 Å². The zero-order valence-corrected chi connectivity index (χ0v) is 24.9. The van der Waals surface area contributed by atoms with Crippen molar-refractivity contribution in [2.75, 3.05) is 24.5 Å². The Labute approximate surface area is 247 Å². The molecule has 9 nitrogen and oxygen atoms in total. The third-order valence-electron chi connectivity index (χ3n) is 7.56. The van der Waals surface area contributed by atoms with Gasteiger partial charge in [0.05, 0.1) is 21.8 Å². The molecule has 1 aromatic carbocycles. The van der Waals surface area contributed by atoms with E-state index in [2.05, 4.69) is 16.7 Å². The summed E-state index contributed by atoms with van der Waals surface area (Å²) >= 11 is 6.80. The van der Waals surface area contributed by atoms with Crippen LogP contribution in [0, 0.1) is 0 Å². The molecule has 0 saturated carbocycles. The average Bonchev–Trinajstić information content (AvgIpc) is 3.34. The monoisotopic (exact) mass is 595 g/mol. The summed E-state index contributed by atoms with van der Waals surface area (Å²) in [6.45, 7) is 11.6. The van der Waals surface area contributed by atoms with E-state index in [0.717, 1.165) is 12.5 Å². The number of nitrogens with zero attached hydrogens (tertiary/aromatic N) is 7. The first kappa shape index (κ1) is 29.4. The van der Waals surface area contributed by atoms with E-state index in [4.69, 9.17) is 16.6 Å². The van der Waals surface area contributed by atoms with Crippen molar-refractivity contribution in [3.63, 3.8) is 0 Å². The summed E-state index contributed by atoms with van der Waals surface area (Å²) in [6.07, 6.45) is 1.28. The number of pyridine rings is 1. The van der Waals surface area contributed by atoms with Gasteiger partial charge < -0.3 is 9.80 Å². The van der Waals surface area contributed by atoms with E-state index in [1.165, 1.54) is 28.4 Å². The third kappa shape index (κ3) is 5.17. The molecule has 1 aliphatic rings. The first-order chi connectivity index (χ1) is 19.8. The van der Waals surface area contributed by atoms with E-state index in [0.29, 0.717) is 36.5 Å². The Morgan fingerprint density at radius 2 is 1.90 bits per heavy atom. The second-order valence-electron chi connectivity index (χ2n) is 10.9. The number of carbonyl (C=O) groups excluding carboxylic acids is 1. The van der Waals surface area contributed by atoms with Gasteiger partial charge in [0.2, 0.25) is 5.91 Å². The number of piperazine rings is 1. The molecule has 1 aliphatic heterocycles. The van der Waals surface area contributed by atoms with Crippen LogP contribution >= 0.6 is 11.6 Å². The first-order valence-corrected chi connectivity index (χ1v) is 14.0. The number of para-hydroxylation sites is 1. The van der Waals surface area contributed by atoms with Crippen molar-refractivity contribution in [2.24, 2.45) is 7.05 Å². The average molecular weight is 596 g/mol. The predicted octanol–water partition coefficient (Wildman–Crippen LogP) is 5.29. The largest absolute Gasteiger partial charge is 0.355 e. The Bertz CT molecular complexity index is 1760. The number of aryl methyl sites for hydroxylation is 1. The molecule has 1 fully saturated rings. The Kier molecular flexibility index (Phi) is 7.65. The summed E-state index contributed by atoms with van der Waals surface area (Å²) in [7, 11) is 1.54. The molecular formula is C30H32ClF2N7O2. The molecule has 0 spiro atoms. The van der Waals surface area contributed by atoms with E-state index in [1.54, 1.807) is 11.0 Å². The lowest BCUT2D eigenvalue weighted by Gasteiger charge is -2.40. The zero-order valence-electron chi connectivity index (χ0n) is 24.1. The summed E-state index contributed by atoms with van der Waals surface area (Å²) < 4.78 is 31.1. The molecule has 4 heterocycles. The van der Waals surface area contributed by atoms with Crippen LogP contribution in [0.5, 0.6) is 0 Å². The lowest BCUT2D eigenvalue weighted by atomic mass is 10.0. The minimum Gasteiger partial charge on any atom is -0.350 e. The quantitative estimate of drug-likeness (QED) is 0.281. The topological polar surface area (TPSA) is 89.2 Å². The van der Waals surface area contributed by atoms with Crippen LogP contribution in [-0.2, 0) is 17.8 Å². The van der Waals surface area contributed by atoms with Crippen LogP contribution in [0.25, 0.3) is 28.1 Å². The Morgan fingerprint density at radius 1 is 1.19 bits per heavy atom. The molecule has 0 unspecified atom stereocenters. The molecule has 220 valence electrons. The van der Waals surface area contributed by atoms with Crippen LogP contribution in [0.4, 0.5) is 14.6 Å². The molecular weight excluding hydrogens is 564 g/mol. The molecule has 5 rings (SSSR count). The van der Waals surface area contributed by atoms with Crippen molar-refractivity contribution in [3.8, 4) is 17.1 Å². The number of rotatable bonds is 6. The van der Waals surface area contributed by atoms with E-state index in [-0.39, 0.29) is 39.9 Å². The molecule has 12 heteroatoms. The van der Waals surface area contributed by atoms with Gasteiger partial charge in [-0.3, -0.25) is 9.48 Å². The Hall–Kier alpha value is -4.12. The number of alkyl halides is 2. The standard InChI is InChI=1S/C30H32ClF2N7O2/c1-7-25(41)38-12-13-39(18(4)16-38)27-20-14-21(31)26(23-15-24(30(5,32)33)36-37(23)6)34-28(20)40(29(42)35-27)22-11-9-8-10-19(22)17(2)3/h7-11,14-15,17-18H,1,12-13,16H2,2-6H3/t18-/m0/s1. The molecule has 1 saturated heterocycles. The molecule has 42 heavy (non-hydrogen) atoms. The van der Waals surface area contributed by atoms with Crippen molar-refractivity contribution in [1.82, 2.24) is 29.2 Å². The lowest BCUT2D eigenvalue weighted by molar-refractivity contribution is -0.126. The summed E-state index contributed by atoms with van der Waals surface area (Å²) in [4.78, 5) is 39.2. The number of benzene rings is 1. The van der Waals surface area contributed by atoms with Crippen LogP contribution in [0.3, 0.4) is 0 Å². The maximum Gasteiger partial charge on any atom is 0.355 e. The maximum absolute atomic E-state index is 14.2. The van der Waals surface area contributed by atoms with Crippen LogP contribution in [0.1, 0.15) is 44.9 Å². The number of anilines is 1. The van der Waals surface area contributed by atoms with Gasteiger partial charge in [-0.2, -0.15) is 18.9 Å². The second-order valence-corrected chi connectivity index (χ2v) is 11.3. The van der Waals surface area contributed by atoms with Gasteiger partial charge in [-0.15, -0.1) is 0 Å². The molecule has 1 atom stereocenters. The highest BCUT2D eigenvalue weighted by molar-refractivity contribution is 6.33. The molecule has 3 aromatic heterocycles. The number of halogens is 3. The summed E-state index contributed by atoms with van der Waals surface area (Å²) in [6, 6.07) is 10.2. The fourth-order valence-corrected chi connectivity index (χ4v) is 5.65. The second kappa shape index (κ2) is 10.9. The van der Waals surface area contributed by atoms with E-state index < -0.39 is 17.3 Å². The lowest BCUT2D eigenvalue weighted by Crippen LogP contribution is -2.54. The minimum absolute atomic E-state index is 0.0801. The maximum atomic E-state index is 14.2. The highest BCUT2D eigenvalue weighted by Gasteiger charge is 2.32. The van der Waals surface area contributed by atoms with Crippen molar-refractivity contribution >= 4 is 34.4 Å². The van der Waals surface area contributed by atoms with E-state index >= 15 is 0 Å². The molecule has 0 N–H and O–H groups in total. The third-order valence-corrected chi connectivity index (χ3v) is 7.85. The molecule has 1 amide bonds. The van der Waals surface area contributed by atoms with Crippen molar-refractivity contribution in [3.05, 3.63) is 75.8 Å². The Balaban J connectivity index is 1.78. The normalized spacial score (nSPS) is 16.0. The van der Waals surface area contributed by atoms with Gasteiger partial charge in [-0.1, -0.05) is 50.2 Å². The fraction of sp³-hybridized carbons (Fsp3) is 0.367. The van der Waals surface area contributed by atoms with Gasteiger partial charge in [0, 0.05) is 39.6 Å². The van der Waals surface area contributed by atoms with Crippen molar-refractivity contribution in [2.45, 2.75) is 45.6 Å². The van der Waals surface area contributed by atoms with Crippen LogP contribution < -0.4 is 10.6 Å². The SMILES string of the molecule is C=CC(=O)N1CCN(c2nc(=O)n(-c3ccccc3C(C)C)c3nc(-c4cc(C(C)(F)F)nn4C)c(Cl)cc23)[C@@H](C)C1. The minimum atomic E-state index is -3.17. The molecule has 0 bridgehead atoms. The Morgan fingerprint density at radius 3 is 2.52 bits per heavy atom. The van der Waals surface area contributed by atoms with Crippen LogP contribution in [-0.4, -0.2) is 60.8 Å². The number of carbonyl (C=O) groups is 1. The summed E-state index contributed by atoms with van der Waals surface area (Å²) in [5, 5.41) is 4.69. The highest BCUT2D eigenvalue weighted by Crippen LogP contribution is 2.36. The summed E-state index contributed by atoms with van der Waals surface area (Å²) in [5.41, 5.74) is 1.31. The van der Waals surface area contributed by atoms with Crippen LogP contribution in [0.2, 0.25) is 5.02 Å². The van der Waals surface area contributed by atoms with Gasteiger partial charge in [-0.05, 0) is 42.7 Å². The molecule has 4 aromatic rings. The number of fused-ring (bicyclic) bond motifs is 1. The summed E-state index contributed by atoms with van der Waals surface area (Å²) in [5.74, 6) is -2.86. The van der Waals surface area contributed by atoms with Gasteiger partial charge in [-0.25, -0.2) is 14.3 Å². The van der Waals surface area contributed by atoms with Crippen molar-refractivity contribution in [1.29, 1.82) is 0 Å². The van der Waals surface area contributed by atoms with Crippen molar-refractivity contribution < 1.29 is 13.6 Å². The molecule has 0 aliphatic carbocycles. The van der Waals surface area contributed by atoms with E-state index in [9.17, 15) is 18.4 Å². The number of hydrogen-bond donors (Lipinski definition) is 0. The van der Waals surface area contributed by atoms with Crippen LogP contribution in [0.15, 0.2) is 53.8 Å². The van der Waals surface area contributed by atoms with Gasteiger partial charge in [0.15, 0.2) is 5.65 Å². The predicted molar refractivity (Wildman–Crippen MR) is 160 cm³/mol. The van der Waals surface area contributed by atoms with Gasteiger partial charge >= 0.3 is 5.69 Å². The fourth-order valence-electron chi connectivity index (χ4n) is 5.41. The zero-order chi connectivity index (χ0) is 30.5. The van der Waals surface area contributed by atoms with E-state index in [1.807, 2.05) is 49.9 Å². The number of hydrogen-bond acceptors (Lipinski definition) is 6. The number of amides is 1. The molecule has 0 radical (unpaired) electrons. The van der Waals surface area contributed by atoms with Gasteiger partial charge in [0.25, 0.3) is 5.92 Å². The smallest absolute Gasteiger partial charge is 0.350 e. The number of aromatic nitrogens is 5.